The zero-order chi connectivity index (χ0) is 20.6. The Morgan fingerprint density at radius 2 is 1.57 bits per heavy atom. The number of carbonyl (C=O) groups excluding carboxylic acids is 3. The minimum absolute atomic E-state index is 0.0164. The number of rotatable bonds is 5. The van der Waals surface area contributed by atoms with Gasteiger partial charge in [-0.25, -0.2) is 4.79 Å². The Bertz CT molecular complexity index is 963. The quantitative estimate of drug-likeness (QED) is 0.539. The molecule has 0 saturated heterocycles. The molecule has 1 aliphatic heterocycles. The van der Waals surface area contributed by atoms with Gasteiger partial charge in [-0.05, 0) is 36.2 Å². The zero-order valence-corrected chi connectivity index (χ0v) is 15.2. The summed E-state index contributed by atoms with van der Waals surface area (Å²) >= 11 is 0. The molecule has 0 spiro atoms. The number of aromatic carboxylic acids is 1. The number of benzene rings is 2. The molecule has 0 radical (unpaired) electrons. The van der Waals surface area contributed by atoms with Crippen LogP contribution in [0.15, 0.2) is 42.5 Å². The number of fused-ring (bicyclic) bond motifs is 1. The molecular formula is C20H18N2O6. The Kier molecular flexibility index (Phi) is 4.87. The second-order valence-electron chi connectivity index (χ2n) is 6.74. The first-order valence-corrected chi connectivity index (χ1v) is 8.56. The largest absolute Gasteiger partial charge is 0.506 e. The summed E-state index contributed by atoms with van der Waals surface area (Å²) in [5.74, 6) is -3.83. The molecule has 2 aromatic rings. The summed E-state index contributed by atoms with van der Waals surface area (Å²) in [6, 6.07) is 8.71. The summed E-state index contributed by atoms with van der Waals surface area (Å²) < 4.78 is 0. The summed E-state index contributed by atoms with van der Waals surface area (Å²) in [6.07, 6.45) is 0. The van der Waals surface area contributed by atoms with Gasteiger partial charge in [0.25, 0.3) is 11.8 Å². The van der Waals surface area contributed by atoms with Gasteiger partial charge in [-0.2, -0.15) is 0 Å². The van der Waals surface area contributed by atoms with E-state index in [-0.39, 0.29) is 22.4 Å². The predicted octanol–water partition coefficient (Wildman–Crippen LogP) is 2.35. The Labute approximate surface area is 160 Å². The van der Waals surface area contributed by atoms with E-state index in [4.69, 9.17) is 5.11 Å². The van der Waals surface area contributed by atoms with Crippen molar-refractivity contribution >= 4 is 29.4 Å². The van der Waals surface area contributed by atoms with E-state index >= 15 is 0 Å². The van der Waals surface area contributed by atoms with Crippen LogP contribution in [0.25, 0.3) is 0 Å². The van der Waals surface area contributed by atoms with Crippen molar-refractivity contribution in [3.05, 3.63) is 59.2 Å². The number of hydrogen-bond acceptors (Lipinski definition) is 5. The summed E-state index contributed by atoms with van der Waals surface area (Å²) in [7, 11) is 0. The normalized spacial score (nSPS) is 14.2. The number of aromatic hydroxyl groups is 1. The number of amides is 3. The third kappa shape index (κ3) is 3.20. The van der Waals surface area contributed by atoms with Crippen LogP contribution in [0.3, 0.4) is 0 Å². The molecule has 2 aromatic carbocycles. The molecule has 8 nitrogen and oxygen atoms in total. The summed E-state index contributed by atoms with van der Waals surface area (Å²) in [5.41, 5.74) is 0.313. The lowest BCUT2D eigenvalue weighted by atomic mass is 10.0. The van der Waals surface area contributed by atoms with E-state index in [2.05, 4.69) is 5.32 Å². The summed E-state index contributed by atoms with van der Waals surface area (Å²) in [5, 5.41) is 21.4. The number of phenolic OH excluding ortho intramolecular Hbond substituents is 1. The van der Waals surface area contributed by atoms with Gasteiger partial charge in [0.1, 0.15) is 11.8 Å². The van der Waals surface area contributed by atoms with Crippen LogP contribution in [0.5, 0.6) is 5.75 Å². The highest BCUT2D eigenvalue weighted by molar-refractivity contribution is 6.23. The molecule has 28 heavy (non-hydrogen) atoms. The van der Waals surface area contributed by atoms with Gasteiger partial charge in [0.05, 0.1) is 22.4 Å². The van der Waals surface area contributed by atoms with Gasteiger partial charge >= 0.3 is 5.97 Å². The highest BCUT2D eigenvalue weighted by Gasteiger charge is 2.44. The maximum atomic E-state index is 12.9. The smallest absolute Gasteiger partial charge is 0.335 e. The van der Waals surface area contributed by atoms with Gasteiger partial charge in [-0.3, -0.25) is 19.3 Å². The van der Waals surface area contributed by atoms with Gasteiger partial charge in [0.2, 0.25) is 5.91 Å². The van der Waals surface area contributed by atoms with Crippen molar-refractivity contribution in [3.8, 4) is 5.75 Å². The second-order valence-corrected chi connectivity index (χ2v) is 6.74. The van der Waals surface area contributed by atoms with Gasteiger partial charge in [0.15, 0.2) is 0 Å². The minimum Gasteiger partial charge on any atom is -0.506 e. The molecule has 8 heteroatoms. The third-order valence-corrected chi connectivity index (χ3v) is 4.51. The monoisotopic (exact) mass is 382 g/mol. The average Bonchev–Trinajstić information content (AvgIpc) is 2.89. The summed E-state index contributed by atoms with van der Waals surface area (Å²) in [6.45, 7) is 3.39. The van der Waals surface area contributed by atoms with Gasteiger partial charge in [-0.15, -0.1) is 0 Å². The fourth-order valence-corrected chi connectivity index (χ4v) is 3.16. The van der Waals surface area contributed by atoms with Gasteiger partial charge in [0, 0.05) is 0 Å². The van der Waals surface area contributed by atoms with Gasteiger partial charge < -0.3 is 15.5 Å². The van der Waals surface area contributed by atoms with Crippen LogP contribution < -0.4 is 5.32 Å². The number of anilines is 1. The third-order valence-electron chi connectivity index (χ3n) is 4.51. The molecule has 0 saturated carbocycles. The number of imide groups is 1. The Morgan fingerprint density at radius 3 is 2.04 bits per heavy atom. The SMILES string of the molecule is CC(C)C(C(=O)Nc1ccc(C(=O)O)cc1O)N1C(=O)c2ccccc2C1=O. The predicted molar refractivity (Wildman–Crippen MR) is 99.3 cm³/mol. The topological polar surface area (TPSA) is 124 Å². The van der Waals surface area contributed by atoms with Gasteiger partial charge in [-0.1, -0.05) is 26.0 Å². The van der Waals surface area contributed by atoms with Crippen molar-refractivity contribution in [2.24, 2.45) is 5.92 Å². The lowest BCUT2D eigenvalue weighted by molar-refractivity contribution is -0.121. The van der Waals surface area contributed by atoms with Crippen molar-refractivity contribution < 1.29 is 29.4 Å². The molecule has 0 aromatic heterocycles. The fraction of sp³-hybridized carbons (Fsp3) is 0.200. The van der Waals surface area contributed by atoms with E-state index in [1.165, 1.54) is 24.3 Å². The first-order valence-electron chi connectivity index (χ1n) is 8.56. The fourth-order valence-electron chi connectivity index (χ4n) is 3.16. The maximum absolute atomic E-state index is 12.9. The van der Waals surface area contributed by atoms with Crippen molar-refractivity contribution in [1.82, 2.24) is 4.90 Å². The lowest BCUT2D eigenvalue weighted by Gasteiger charge is -2.28. The number of carbonyl (C=O) groups is 4. The highest BCUT2D eigenvalue weighted by Crippen LogP contribution is 2.29. The van der Waals surface area contributed by atoms with E-state index in [0.717, 1.165) is 11.0 Å². The number of phenols is 1. The molecule has 144 valence electrons. The lowest BCUT2D eigenvalue weighted by Crippen LogP contribution is -2.50. The molecule has 0 aliphatic carbocycles. The molecule has 3 N–H and O–H groups in total. The van der Waals surface area contributed by atoms with E-state index in [9.17, 15) is 24.3 Å². The van der Waals surface area contributed by atoms with Crippen LogP contribution in [-0.4, -0.2) is 44.8 Å². The van der Waals surface area contributed by atoms with Crippen LogP contribution in [0, 0.1) is 5.92 Å². The van der Waals surface area contributed by atoms with Crippen LogP contribution in [0.2, 0.25) is 0 Å². The Balaban J connectivity index is 1.90. The molecule has 3 rings (SSSR count). The van der Waals surface area contributed by atoms with Crippen LogP contribution >= 0.6 is 0 Å². The van der Waals surface area contributed by atoms with E-state index in [0.29, 0.717) is 0 Å². The number of hydrogen-bond donors (Lipinski definition) is 3. The second kappa shape index (κ2) is 7.15. The van der Waals surface area contributed by atoms with E-state index < -0.39 is 41.4 Å². The maximum Gasteiger partial charge on any atom is 0.335 e. The first kappa shape index (κ1) is 19.1. The molecular weight excluding hydrogens is 364 g/mol. The first-order chi connectivity index (χ1) is 13.2. The number of carboxylic acids is 1. The van der Waals surface area contributed by atoms with Crippen molar-refractivity contribution in [2.75, 3.05) is 5.32 Å². The molecule has 1 aliphatic rings. The highest BCUT2D eigenvalue weighted by atomic mass is 16.4. The molecule has 1 heterocycles. The van der Waals surface area contributed by atoms with Crippen LogP contribution in [-0.2, 0) is 4.79 Å². The summed E-state index contributed by atoms with van der Waals surface area (Å²) in [4.78, 5) is 50.2. The minimum atomic E-state index is -1.22. The molecule has 1 unspecified atom stereocenters. The molecule has 0 fully saturated rings. The number of nitrogens with zero attached hydrogens (tertiary/aromatic N) is 1. The molecule has 1 atom stereocenters. The Morgan fingerprint density at radius 1 is 1.00 bits per heavy atom. The number of nitrogens with one attached hydrogen (secondary N) is 1. The van der Waals surface area contributed by atoms with Crippen molar-refractivity contribution in [2.45, 2.75) is 19.9 Å². The van der Waals surface area contributed by atoms with Crippen LogP contribution in [0.1, 0.15) is 44.9 Å². The Hall–Kier alpha value is -3.68. The van der Waals surface area contributed by atoms with E-state index in [1.54, 1.807) is 26.0 Å². The standard InChI is InChI=1S/C20H18N2O6/c1-10(2)16(22-18(25)12-5-3-4-6-13(12)19(22)26)17(24)21-14-8-7-11(20(27)28)9-15(14)23/h3-10,16,23H,1-2H3,(H,21,24)(H,27,28). The van der Waals surface area contributed by atoms with Crippen molar-refractivity contribution in [3.63, 3.8) is 0 Å². The van der Waals surface area contributed by atoms with Crippen molar-refractivity contribution in [1.29, 1.82) is 0 Å². The molecule has 0 bridgehead atoms. The van der Waals surface area contributed by atoms with E-state index in [1.807, 2.05) is 0 Å². The average molecular weight is 382 g/mol. The number of carboxylic acid groups (broad SMARTS) is 1. The van der Waals surface area contributed by atoms with Crippen LogP contribution in [0.4, 0.5) is 5.69 Å². The zero-order valence-electron chi connectivity index (χ0n) is 15.2. The molecule has 3 amide bonds.